The number of halogens is 2. The van der Waals surface area contributed by atoms with Crippen LogP contribution in [0.2, 0.25) is 5.02 Å². The van der Waals surface area contributed by atoms with Crippen molar-refractivity contribution in [1.82, 2.24) is 5.01 Å². The van der Waals surface area contributed by atoms with Gasteiger partial charge in [-0.2, -0.15) is 5.11 Å². The number of nitrogens with zero attached hydrogens (tertiary/aromatic N) is 4. The van der Waals surface area contributed by atoms with Crippen LogP contribution in [0.25, 0.3) is 0 Å². The Balaban J connectivity index is 1.51. The van der Waals surface area contributed by atoms with Gasteiger partial charge in [-0.05, 0) is 49.2 Å². The lowest BCUT2D eigenvalue weighted by molar-refractivity contribution is -0.123. The normalized spacial score (nSPS) is 20.1. The van der Waals surface area contributed by atoms with Crippen molar-refractivity contribution < 1.29 is 18.8 Å². The first-order valence-electron chi connectivity index (χ1n) is 9.13. The molecule has 30 heavy (non-hydrogen) atoms. The number of hydrogen-bond donors (Lipinski definition) is 1. The molecular weight excluding hydrogens is 413 g/mol. The first-order valence-corrected chi connectivity index (χ1v) is 9.51. The zero-order valence-corrected chi connectivity index (χ0v) is 16.9. The van der Waals surface area contributed by atoms with Crippen molar-refractivity contribution in [2.24, 2.45) is 10.3 Å². The molecule has 1 saturated heterocycles. The van der Waals surface area contributed by atoms with E-state index in [0.717, 1.165) is 22.1 Å². The Morgan fingerprint density at radius 2 is 1.93 bits per heavy atom. The van der Waals surface area contributed by atoms with Crippen molar-refractivity contribution >= 4 is 40.7 Å². The first kappa shape index (κ1) is 20.0. The van der Waals surface area contributed by atoms with Crippen molar-refractivity contribution in [3.8, 4) is 0 Å². The highest BCUT2D eigenvalue weighted by molar-refractivity contribution is 6.32. The minimum Gasteiger partial charge on any atom is -0.324 e. The van der Waals surface area contributed by atoms with E-state index >= 15 is 0 Å². The Morgan fingerprint density at radius 3 is 2.67 bits per heavy atom. The molecule has 2 aliphatic rings. The van der Waals surface area contributed by atoms with Gasteiger partial charge >= 0.3 is 0 Å². The number of aryl methyl sites for hydroxylation is 2. The van der Waals surface area contributed by atoms with Gasteiger partial charge in [0.1, 0.15) is 12.4 Å². The summed E-state index contributed by atoms with van der Waals surface area (Å²) in [5.74, 6) is -2.26. The second kappa shape index (κ2) is 7.49. The standard InChI is InChI=1S/C20H17ClFN5O3/c1-10-3-4-11(2)15(7-10)23-16(28)9-26-18-17(24-25-26)19(29)27(20(18)30)12-5-6-14(22)13(21)8-12/h3-8,17-18H,9H2,1-2H3,(H,23,28)/t17-,18-/m0/s1. The van der Waals surface area contributed by atoms with Gasteiger partial charge in [-0.3, -0.25) is 19.4 Å². The molecule has 0 radical (unpaired) electrons. The summed E-state index contributed by atoms with van der Waals surface area (Å²) in [7, 11) is 0. The molecule has 1 fully saturated rings. The summed E-state index contributed by atoms with van der Waals surface area (Å²) >= 11 is 5.78. The lowest BCUT2D eigenvalue weighted by atomic mass is 10.1. The molecule has 0 bridgehead atoms. The van der Waals surface area contributed by atoms with Gasteiger partial charge in [-0.15, -0.1) is 0 Å². The maximum atomic E-state index is 13.4. The van der Waals surface area contributed by atoms with E-state index in [0.29, 0.717) is 5.69 Å². The third-order valence-electron chi connectivity index (χ3n) is 4.99. The van der Waals surface area contributed by atoms with Crippen LogP contribution in [-0.2, 0) is 14.4 Å². The second-order valence-corrected chi connectivity index (χ2v) is 7.58. The van der Waals surface area contributed by atoms with Crippen LogP contribution in [0, 0.1) is 19.7 Å². The quantitative estimate of drug-likeness (QED) is 0.756. The van der Waals surface area contributed by atoms with E-state index < -0.39 is 35.6 Å². The maximum absolute atomic E-state index is 13.4. The fourth-order valence-electron chi connectivity index (χ4n) is 3.44. The monoisotopic (exact) mass is 429 g/mol. The molecule has 2 aromatic rings. The van der Waals surface area contributed by atoms with Crippen molar-refractivity contribution in [2.75, 3.05) is 16.8 Å². The molecule has 2 aromatic carbocycles. The smallest absolute Gasteiger partial charge is 0.263 e. The minimum absolute atomic E-state index is 0.140. The highest BCUT2D eigenvalue weighted by atomic mass is 35.5. The van der Waals surface area contributed by atoms with E-state index in [2.05, 4.69) is 15.7 Å². The van der Waals surface area contributed by atoms with Crippen LogP contribution in [0.4, 0.5) is 15.8 Å². The van der Waals surface area contributed by atoms with Crippen molar-refractivity contribution in [3.63, 3.8) is 0 Å². The van der Waals surface area contributed by atoms with Crippen LogP contribution in [-0.4, -0.2) is 41.4 Å². The molecule has 4 rings (SSSR count). The van der Waals surface area contributed by atoms with Crippen molar-refractivity contribution in [3.05, 3.63) is 58.4 Å². The van der Waals surface area contributed by atoms with Gasteiger partial charge in [-0.1, -0.05) is 29.0 Å². The Kier molecular flexibility index (Phi) is 4.98. The summed E-state index contributed by atoms with van der Waals surface area (Å²) in [4.78, 5) is 39.0. The van der Waals surface area contributed by atoms with Gasteiger partial charge in [0.25, 0.3) is 11.8 Å². The fraction of sp³-hybridized carbons (Fsp3) is 0.250. The third kappa shape index (κ3) is 3.41. The Labute approximate surface area is 176 Å². The number of rotatable bonds is 4. The summed E-state index contributed by atoms with van der Waals surface area (Å²) in [5.41, 5.74) is 2.67. The molecule has 0 unspecified atom stereocenters. The number of hydrogen-bond acceptors (Lipinski definition) is 6. The molecule has 3 amide bonds. The fourth-order valence-corrected chi connectivity index (χ4v) is 3.61. The van der Waals surface area contributed by atoms with Crippen molar-refractivity contribution in [2.45, 2.75) is 25.9 Å². The number of benzene rings is 2. The molecule has 0 aromatic heterocycles. The summed E-state index contributed by atoms with van der Waals surface area (Å²) in [6.45, 7) is 3.52. The highest BCUT2D eigenvalue weighted by Gasteiger charge is 2.55. The molecule has 1 N–H and O–H groups in total. The molecule has 154 valence electrons. The predicted octanol–water partition coefficient (Wildman–Crippen LogP) is 3.03. The van der Waals surface area contributed by atoms with E-state index in [-0.39, 0.29) is 17.3 Å². The molecular formula is C20H17ClFN5O3. The van der Waals surface area contributed by atoms with Gasteiger partial charge in [0.15, 0.2) is 12.1 Å². The zero-order valence-electron chi connectivity index (χ0n) is 16.1. The van der Waals surface area contributed by atoms with E-state index in [4.69, 9.17) is 11.6 Å². The predicted molar refractivity (Wildman–Crippen MR) is 108 cm³/mol. The van der Waals surface area contributed by atoms with Gasteiger partial charge in [-0.25, -0.2) is 9.29 Å². The molecule has 0 aliphatic carbocycles. The van der Waals surface area contributed by atoms with E-state index in [1.54, 1.807) is 0 Å². The summed E-state index contributed by atoms with van der Waals surface area (Å²) in [6, 6.07) is 7.12. The average Bonchev–Trinajstić information content (AvgIpc) is 3.21. The number of amides is 3. The van der Waals surface area contributed by atoms with Gasteiger partial charge in [0, 0.05) is 5.69 Å². The third-order valence-corrected chi connectivity index (χ3v) is 5.28. The van der Waals surface area contributed by atoms with Crippen LogP contribution in [0.15, 0.2) is 46.7 Å². The van der Waals surface area contributed by atoms with E-state index in [1.165, 1.54) is 17.1 Å². The summed E-state index contributed by atoms with van der Waals surface area (Å²) < 4.78 is 13.4. The van der Waals surface area contributed by atoms with Crippen LogP contribution < -0.4 is 10.2 Å². The number of carbonyl (C=O) groups is 3. The SMILES string of the molecule is Cc1ccc(C)c(NC(=O)CN2N=N[C@@H]3C(=O)N(c4ccc(F)c(Cl)c4)C(=O)[C@H]32)c1. The molecule has 0 spiro atoms. The van der Waals surface area contributed by atoms with Crippen LogP contribution in [0.3, 0.4) is 0 Å². The minimum atomic E-state index is -1.06. The number of nitrogens with one attached hydrogen (secondary N) is 1. The van der Waals surface area contributed by atoms with Crippen LogP contribution in [0.1, 0.15) is 11.1 Å². The number of imide groups is 1. The van der Waals surface area contributed by atoms with E-state index in [1.807, 2.05) is 32.0 Å². The van der Waals surface area contributed by atoms with Gasteiger partial charge in [0.2, 0.25) is 5.91 Å². The van der Waals surface area contributed by atoms with Gasteiger partial charge in [0.05, 0.1) is 10.7 Å². The lowest BCUT2D eigenvalue weighted by Crippen LogP contribution is -2.43. The average molecular weight is 430 g/mol. The number of anilines is 2. The highest BCUT2D eigenvalue weighted by Crippen LogP contribution is 2.33. The largest absolute Gasteiger partial charge is 0.324 e. The molecule has 2 aliphatic heterocycles. The van der Waals surface area contributed by atoms with Crippen LogP contribution in [0.5, 0.6) is 0 Å². The molecule has 2 atom stereocenters. The Bertz CT molecular complexity index is 1110. The molecule has 0 saturated carbocycles. The summed E-state index contributed by atoms with van der Waals surface area (Å²) in [5, 5.41) is 11.5. The molecule has 10 heteroatoms. The van der Waals surface area contributed by atoms with Crippen LogP contribution >= 0.6 is 11.6 Å². The number of fused-ring (bicyclic) bond motifs is 1. The Hall–Kier alpha value is -3.33. The first-order chi connectivity index (χ1) is 14.3. The van der Waals surface area contributed by atoms with Crippen molar-refractivity contribution in [1.29, 1.82) is 0 Å². The number of carbonyl (C=O) groups excluding carboxylic acids is 3. The second-order valence-electron chi connectivity index (χ2n) is 7.17. The zero-order chi connectivity index (χ0) is 21.6. The van der Waals surface area contributed by atoms with Gasteiger partial charge < -0.3 is 5.32 Å². The van der Waals surface area contributed by atoms with E-state index in [9.17, 15) is 18.8 Å². The topological polar surface area (TPSA) is 94.4 Å². The molecule has 8 nitrogen and oxygen atoms in total. The summed E-state index contributed by atoms with van der Waals surface area (Å²) in [6.07, 6.45) is 0. The maximum Gasteiger partial charge on any atom is 0.263 e. The molecule has 2 heterocycles. The lowest BCUT2D eigenvalue weighted by Gasteiger charge is -2.20. The Morgan fingerprint density at radius 1 is 1.17 bits per heavy atom.